The number of nitrogens with two attached hydrogens (primary N) is 1. The average Bonchev–Trinajstić information content (AvgIpc) is 2.47. The Kier molecular flexibility index (Phi) is 3.23. The van der Waals surface area contributed by atoms with Crippen LogP contribution >= 0.6 is 11.6 Å². The SMILES string of the molecule is NC(=O)c1c(C(F)(F)F)n[nH]c1CCCl. The van der Waals surface area contributed by atoms with E-state index in [4.69, 9.17) is 17.3 Å². The minimum absolute atomic E-state index is 0.00447. The number of primary amides is 1. The maximum atomic E-state index is 12.3. The van der Waals surface area contributed by atoms with E-state index in [1.807, 2.05) is 0 Å². The lowest BCUT2D eigenvalue weighted by molar-refractivity contribution is -0.141. The topological polar surface area (TPSA) is 71.8 Å². The zero-order valence-corrected chi connectivity index (χ0v) is 8.11. The van der Waals surface area contributed by atoms with E-state index in [9.17, 15) is 18.0 Å². The van der Waals surface area contributed by atoms with Crippen molar-refractivity contribution in [2.75, 3.05) is 5.88 Å². The van der Waals surface area contributed by atoms with Crippen LogP contribution in [0.2, 0.25) is 0 Å². The van der Waals surface area contributed by atoms with Crippen LogP contribution in [0.4, 0.5) is 13.2 Å². The summed E-state index contributed by atoms with van der Waals surface area (Å²) in [6.07, 6.45) is -4.63. The second-order valence-corrected chi connectivity index (χ2v) is 3.10. The van der Waals surface area contributed by atoms with E-state index in [0.29, 0.717) is 0 Å². The van der Waals surface area contributed by atoms with E-state index in [2.05, 4.69) is 10.2 Å². The standard InChI is InChI=1S/C7H7ClF3N3O/c8-2-1-3-4(6(12)15)5(14-13-3)7(9,10)11/h1-2H2,(H2,12,15)(H,13,14). The molecule has 0 saturated heterocycles. The number of aryl methyl sites for hydroxylation is 1. The molecule has 0 aliphatic rings. The molecule has 0 aliphatic carbocycles. The lowest BCUT2D eigenvalue weighted by atomic mass is 10.1. The van der Waals surface area contributed by atoms with Crippen molar-refractivity contribution in [1.29, 1.82) is 0 Å². The molecule has 0 aromatic carbocycles. The van der Waals surface area contributed by atoms with Crippen LogP contribution in [-0.4, -0.2) is 22.0 Å². The number of nitrogens with zero attached hydrogens (tertiary/aromatic N) is 1. The first-order chi connectivity index (χ1) is 6.88. The Morgan fingerprint density at radius 3 is 2.53 bits per heavy atom. The van der Waals surface area contributed by atoms with Gasteiger partial charge in [0.25, 0.3) is 5.91 Å². The number of halogens is 4. The van der Waals surface area contributed by atoms with Crippen molar-refractivity contribution in [2.24, 2.45) is 5.73 Å². The lowest BCUT2D eigenvalue weighted by Gasteiger charge is -2.04. The summed E-state index contributed by atoms with van der Waals surface area (Å²) in [7, 11) is 0. The zero-order chi connectivity index (χ0) is 11.6. The van der Waals surface area contributed by atoms with Crippen LogP contribution in [0.15, 0.2) is 0 Å². The Morgan fingerprint density at radius 2 is 2.13 bits per heavy atom. The van der Waals surface area contributed by atoms with E-state index in [1.54, 1.807) is 0 Å². The van der Waals surface area contributed by atoms with Gasteiger partial charge in [-0.2, -0.15) is 18.3 Å². The smallest absolute Gasteiger partial charge is 0.365 e. The molecule has 1 amide bonds. The van der Waals surface area contributed by atoms with Crippen molar-refractivity contribution < 1.29 is 18.0 Å². The van der Waals surface area contributed by atoms with Gasteiger partial charge in [-0.05, 0) is 0 Å². The van der Waals surface area contributed by atoms with Crippen molar-refractivity contribution in [3.63, 3.8) is 0 Å². The number of carbonyl (C=O) groups excluding carboxylic acids is 1. The first-order valence-electron chi connectivity index (χ1n) is 3.88. The van der Waals surface area contributed by atoms with Gasteiger partial charge in [0.1, 0.15) is 0 Å². The van der Waals surface area contributed by atoms with Crippen molar-refractivity contribution in [2.45, 2.75) is 12.6 Å². The molecule has 1 heterocycles. The summed E-state index contributed by atoms with van der Waals surface area (Å²) in [5, 5.41) is 5.13. The van der Waals surface area contributed by atoms with Gasteiger partial charge in [0.05, 0.1) is 5.56 Å². The second-order valence-electron chi connectivity index (χ2n) is 2.73. The third-order valence-corrected chi connectivity index (χ3v) is 1.89. The van der Waals surface area contributed by atoms with Gasteiger partial charge in [-0.15, -0.1) is 11.6 Å². The number of H-pyrrole nitrogens is 1. The number of alkyl halides is 4. The zero-order valence-electron chi connectivity index (χ0n) is 7.36. The minimum Gasteiger partial charge on any atom is -0.365 e. The van der Waals surface area contributed by atoms with Gasteiger partial charge >= 0.3 is 6.18 Å². The minimum atomic E-state index is -4.70. The molecule has 1 aromatic heterocycles. The highest BCUT2D eigenvalue weighted by Gasteiger charge is 2.39. The molecule has 3 N–H and O–H groups in total. The summed E-state index contributed by atoms with van der Waals surface area (Å²) >= 11 is 5.36. The number of nitrogens with one attached hydrogen (secondary N) is 1. The van der Waals surface area contributed by atoms with E-state index < -0.39 is 23.3 Å². The Bertz CT molecular complexity index is 374. The summed E-state index contributed by atoms with van der Waals surface area (Å²) in [5.74, 6) is -1.10. The summed E-state index contributed by atoms with van der Waals surface area (Å²) < 4.78 is 37.0. The van der Waals surface area contributed by atoms with Gasteiger partial charge < -0.3 is 5.73 Å². The molecule has 84 valence electrons. The van der Waals surface area contributed by atoms with E-state index >= 15 is 0 Å². The van der Waals surface area contributed by atoms with Crippen LogP contribution in [-0.2, 0) is 12.6 Å². The van der Waals surface area contributed by atoms with Gasteiger partial charge in [-0.1, -0.05) is 0 Å². The molecule has 0 bridgehead atoms. The van der Waals surface area contributed by atoms with Crippen LogP contribution < -0.4 is 5.73 Å². The largest absolute Gasteiger partial charge is 0.435 e. The molecular formula is C7H7ClF3N3O. The Balaban J connectivity index is 3.24. The number of hydrogen-bond donors (Lipinski definition) is 2. The number of hydrogen-bond acceptors (Lipinski definition) is 2. The average molecular weight is 242 g/mol. The molecule has 8 heteroatoms. The summed E-state index contributed by atoms with van der Waals surface area (Å²) in [4.78, 5) is 10.8. The fourth-order valence-electron chi connectivity index (χ4n) is 1.12. The molecule has 1 aromatic rings. The summed E-state index contributed by atoms with van der Waals surface area (Å²) in [6, 6.07) is 0. The van der Waals surface area contributed by atoms with Gasteiger partial charge in [0.15, 0.2) is 5.69 Å². The third-order valence-electron chi connectivity index (χ3n) is 1.70. The number of aromatic nitrogens is 2. The molecule has 0 spiro atoms. The predicted molar refractivity (Wildman–Crippen MR) is 46.5 cm³/mol. The molecule has 15 heavy (non-hydrogen) atoms. The first-order valence-corrected chi connectivity index (χ1v) is 4.41. The molecule has 0 saturated carbocycles. The molecule has 1 rings (SSSR count). The van der Waals surface area contributed by atoms with Crippen molar-refractivity contribution in [3.8, 4) is 0 Å². The monoisotopic (exact) mass is 241 g/mol. The number of aromatic amines is 1. The third kappa shape index (κ3) is 2.41. The number of amides is 1. The van der Waals surface area contributed by atoms with E-state index in [1.165, 1.54) is 0 Å². The normalized spacial score (nSPS) is 11.7. The molecule has 0 radical (unpaired) electrons. The van der Waals surface area contributed by atoms with Gasteiger partial charge in [-0.25, -0.2) is 0 Å². The summed E-state index contributed by atoms with van der Waals surface area (Å²) in [5.41, 5.74) is 2.92. The Morgan fingerprint density at radius 1 is 1.53 bits per heavy atom. The van der Waals surface area contributed by atoms with Crippen molar-refractivity contribution in [3.05, 3.63) is 17.0 Å². The van der Waals surface area contributed by atoms with Crippen LogP contribution in [0, 0.1) is 0 Å². The molecule has 0 unspecified atom stereocenters. The van der Waals surface area contributed by atoms with Crippen LogP contribution in [0.25, 0.3) is 0 Å². The Hall–Kier alpha value is -1.24. The van der Waals surface area contributed by atoms with Crippen LogP contribution in [0.5, 0.6) is 0 Å². The summed E-state index contributed by atoms with van der Waals surface area (Å²) in [6.45, 7) is 0. The Labute approximate surface area is 87.6 Å². The van der Waals surface area contributed by atoms with Crippen LogP contribution in [0.3, 0.4) is 0 Å². The quantitative estimate of drug-likeness (QED) is 0.783. The fourth-order valence-corrected chi connectivity index (χ4v) is 1.31. The second kappa shape index (κ2) is 4.09. The predicted octanol–water partition coefficient (Wildman–Crippen LogP) is 1.31. The van der Waals surface area contributed by atoms with Crippen LogP contribution in [0.1, 0.15) is 21.7 Å². The van der Waals surface area contributed by atoms with Crippen molar-refractivity contribution in [1.82, 2.24) is 10.2 Å². The van der Waals surface area contributed by atoms with E-state index in [0.717, 1.165) is 0 Å². The molecule has 4 nitrogen and oxygen atoms in total. The molecule has 0 atom stereocenters. The first kappa shape index (κ1) is 11.8. The molecule has 0 fully saturated rings. The highest BCUT2D eigenvalue weighted by Crippen LogP contribution is 2.31. The maximum Gasteiger partial charge on any atom is 0.435 e. The fraction of sp³-hybridized carbons (Fsp3) is 0.429. The van der Waals surface area contributed by atoms with Gasteiger partial charge in [0, 0.05) is 18.0 Å². The van der Waals surface area contributed by atoms with E-state index in [-0.39, 0.29) is 18.0 Å². The molecular weight excluding hydrogens is 235 g/mol. The highest BCUT2D eigenvalue weighted by molar-refractivity contribution is 6.18. The molecule has 0 aliphatic heterocycles. The highest BCUT2D eigenvalue weighted by atomic mass is 35.5. The maximum absolute atomic E-state index is 12.3. The number of rotatable bonds is 3. The number of carbonyl (C=O) groups is 1. The van der Waals surface area contributed by atoms with Gasteiger partial charge in [0.2, 0.25) is 0 Å². The lowest BCUT2D eigenvalue weighted by Crippen LogP contribution is -2.19. The van der Waals surface area contributed by atoms with Crippen molar-refractivity contribution >= 4 is 17.5 Å². The van der Waals surface area contributed by atoms with Gasteiger partial charge in [-0.3, -0.25) is 9.89 Å².